The molecule has 0 aliphatic heterocycles. The summed E-state index contributed by atoms with van der Waals surface area (Å²) >= 11 is 0. The van der Waals surface area contributed by atoms with Gasteiger partial charge in [-0.15, -0.1) is 0 Å². The Kier molecular flexibility index (Phi) is 3.80. The van der Waals surface area contributed by atoms with Crippen LogP contribution in [0.3, 0.4) is 0 Å². The third-order valence-corrected chi connectivity index (χ3v) is 4.21. The maximum absolute atomic E-state index is 13.0. The lowest BCUT2D eigenvalue weighted by Crippen LogP contribution is -2.38. The van der Waals surface area contributed by atoms with Crippen molar-refractivity contribution in [2.45, 2.75) is 50.6 Å². The molecule has 0 aromatic heterocycles. The van der Waals surface area contributed by atoms with Gasteiger partial charge in [0, 0.05) is 0 Å². The molecule has 5 heteroatoms. The van der Waals surface area contributed by atoms with Crippen LogP contribution in [-0.4, -0.2) is 11.1 Å². The minimum Gasteiger partial charge on any atom is -0.481 e. The zero-order valence-electron chi connectivity index (χ0n) is 11.3. The fourth-order valence-corrected chi connectivity index (χ4v) is 3.01. The Balaban J connectivity index is 2.53. The predicted molar refractivity (Wildman–Crippen MR) is 68.6 cm³/mol. The summed E-state index contributed by atoms with van der Waals surface area (Å²) in [5, 5.41) is 9.52. The highest BCUT2D eigenvalue weighted by Crippen LogP contribution is 2.42. The second-order valence-electron chi connectivity index (χ2n) is 5.48. The molecule has 0 radical (unpaired) electrons. The maximum atomic E-state index is 13.0. The molecule has 20 heavy (non-hydrogen) atoms. The van der Waals surface area contributed by atoms with Crippen molar-refractivity contribution in [1.82, 2.24) is 0 Å². The van der Waals surface area contributed by atoms with E-state index in [1.165, 1.54) is 19.1 Å². The number of alkyl halides is 3. The molecule has 1 aliphatic rings. The van der Waals surface area contributed by atoms with Crippen LogP contribution >= 0.6 is 0 Å². The molecule has 0 saturated heterocycles. The van der Waals surface area contributed by atoms with Crippen molar-refractivity contribution in [2.75, 3.05) is 0 Å². The molecule has 1 aromatic rings. The van der Waals surface area contributed by atoms with Crippen molar-refractivity contribution < 1.29 is 23.1 Å². The summed E-state index contributed by atoms with van der Waals surface area (Å²) in [6.45, 7) is 1.39. The number of aryl methyl sites for hydroxylation is 1. The second-order valence-corrected chi connectivity index (χ2v) is 5.48. The lowest BCUT2D eigenvalue weighted by molar-refractivity contribution is -0.146. The Bertz CT molecular complexity index is 514. The Labute approximate surface area is 115 Å². The highest BCUT2D eigenvalue weighted by molar-refractivity contribution is 5.81. The molecular formula is C15H17F3O2. The monoisotopic (exact) mass is 286 g/mol. The first-order chi connectivity index (χ1) is 9.27. The normalized spacial score (nSPS) is 18.8. The second kappa shape index (κ2) is 5.11. The number of benzene rings is 1. The van der Waals surface area contributed by atoms with Crippen molar-refractivity contribution in [1.29, 1.82) is 0 Å². The van der Waals surface area contributed by atoms with Crippen LogP contribution in [0.15, 0.2) is 18.2 Å². The molecule has 1 aliphatic carbocycles. The molecule has 0 spiro atoms. The summed E-state index contributed by atoms with van der Waals surface area (Å²) in [5.74, 6) is -1.02. The van der Waals surface area contributed by atoms with E-state index in [-0.39, 0.29) is 11.1 Å². The van der Waals surface area contributed by atoms with Crippen LogP contribution in [0.1, 0.15) is 48.8 Å². The van der Waals surface area contributed by atoms with Crippen molar-refractivity contribution >= 4 is 5.97 Å². The highest BCUT2D eigenvalue weighted by atomic mass is 19.4. The summed E-state index contributed by atoms with van der Waals surface area (Å²) in [6.07, 6.45) is -1.23. The van der Waals surface area contributed by atoms with Gasteiger partial charge in [-0.05, 0) is 37.0 Å². The number of hydrogen-bond donors (Lipinski definition) is 1. The first-order valence-electron chi connectivity index (χ1n) is 6.69. The van der Waals surface area contributed by atoms with Gasteiger partial charge >= 0.3 is 12.1 Å². The van der Waals surface area contributed by atoms with E-state index < -0.39 is 23.1 Å². The maximum Gasteiger partial charge on any atom is 0.416 e. The van der Waals surface area contributed by atoms with E-state index in [4.69, 9.17) is 0 Å². The van der Waals surface area contributed by atoms with Gasteiger partial charge < -0.3 is 5.11 Å². The van der Waals surface area contributed by atoms with Gasteiger partial charge in [0.1, 0.15) is 0 Å². The van der Waals surface area contributed by atoms with Gasteiger partial charge in [-0.3, -0.25) is 4.79 Å². The summed E-state index contributed by atoms with van der Waals surface area (Å²) in [7, 11) is 0. The third kappa shape index (κ3) is 2.53. The smallest absolute Gasteiger partial charge is 0.416 e. The van der Waals surface area contributed by atoms with Crippen LogP contribution in [0, 0.1) is 6.92 Å². The Morgan fingerprint density at radius 1 is 1.20 bits per heavy atom. The molecule has 110 valence electrons. The van der Waals surface area contributed by atoms with E-state index in [1.807, 2.05) is 0 Å². The molecule has 0 atom stereocenters. The van der Waals surface area contributed by atoms with Crippen molar-refractivity contribution in [3.05, 3.63) is 34.9 Å². The van der Waals surface area contributed by atoms with Crippen molar-refractivity contribution in [3.8, 4) is 0 Å². The molecule has 1 aromatic carbocycles. The minimum absolute atomic E-state index is 0.123. The van der Waals surface area contributed by atoms with E-state index in [2.05, 4.69) is 0 Å². The van der Waals surface area contributed by atoms with Crippen LogP contribution in [-0.2, 0) is 16.4 Å². The predicted octanol–water partition coefficient (Wildman–Crippen LogP) is 4.30. The summed E-state index contributed by atoms with van der Waals surface area (Å²) in [4.78, 5) is 11.6. The number of carboxylic acid groups (broad SMARTS) is 1. The molecule has 0 amide bonds. The van der Waals surface area contributed by atoms with Gasteiger partial charge in [-0.2, -0.15) is 13.2 Å². The number of aliphatic carboxylic acids is 1. The van der Waals surface area contributed by atoms with Gasteiger partial charge in [0.15, 0.2) is 0 Å². The molecule has 2 nitrogen and oxygen atoms in total. The molecule has 2 rings (SSSR count). The SMILES string of the molecule is Cc1ccc(C2(C(=O)O)CCCCC2)cc1C(F)(F)F. The zero-order valence-corrected chi connectivity index (χ0v) is 11.3. The van der Waals surface area contributed by atoms with E-state index in [0.717, 1.165) is 25.3 Å². The lowest BCUT2D eigenvalue weighted by atomic mass is 9.69. The average molecular weight is 286 g/mol. The standard InChI is InChI=1S/C15H17F3O2/c1-10-5-6-11(9-12(10)15(16,17)18)14(13(19)20)7-3-2-4-8-14/h5-6,9H,2-4,7-8H2,1H3,(H,19,20). The summed E-state index contributed by atoms with van der Waals surface area (Å²) < 4.78 is 38.9. The molecule has 0 unspecified atom stereocenters. The number of hydrogen-bond acceptors (Lipinski definition) is 1. The third-order valence-electron chi connectivity index (χ3n) is 4.21. The molecule has 1 saturated carbocycles. The Morgan fingerprint density at radius 3 is 2.30 bits per heavy atom. The van der Waals surface area contributed by atoms with E-state index >= 15 is 0 Å². The number of halogens is 3. The van der Waals surface area contributed by atoms with Gasteiger partial charge in [0.05, 0.1) is 11.0 Å². The van der Waals surface area contributed by atoms with Crippen molar-refractivity contribution in [3.63, 3.8) is 0 Å². The lowest BCUT2D eigenvalue weighted by Gasteiger charge is -2.34. The fraction of sp³-hybridized carbons (Fsp3) is 0.533. The van der Waals surface area contributed by atoms with Crippen LogP contribution in [0.25, 0.3) is 0 Å². The van der Waals surface area contributed by atoms with Gasteiger partial charge in [0.25, 0.3) is 0 Å². The molecule has 0 bridgehead atoms. The van der Waals surface area contributed by atoms with Crippen LogP contribution in [0.5, 0.6) is 0 Å². The first kappa shape index (κ1) is 14.9. The first-order valence-corrected chi connectivity index (χ1v) is 6.69. The molecule has 0 heterocycles. The van der Waals surface area contributed by atoms with Gasteiger partial charge in [-0.25, -0.2) is 0 Å². The highest BCUT2D eigenvalue weighted by Gasteiger charge is 2.43. The van der Waals surface area contributed by atoms with Crippen LogP contribution in [0.4, 0.5) is 13.2 Å². The van der Waals surface area contributed by atoms with E-state index in [1.54, 1.807) is 0 Å². The Morgan fingerprint density at radius 2 is 1.80 bits per heavy atom. The topological polar surface area (TPSA) is 37.3 Å². The largest absolute Gasteiger partial charge is 0.481 e. The minimum atomic E-state index is -4.45. The van der Waals surface area contributed by atoms with Gasteiger partial charge in [-0.1, -0.05) is 31.4 Å². The number of carboxylic acids is 1. The summed E-state index contributed by atoms with van der Waals surface area (Å²) in [5.41, 5.74) is -1.49. The van der Waals surface area contributed by atoms with Crippen LogP contribution in [0.2, 0.25) is 0 Å². The molecule has 1 fully saturated rings. The van der Waals surface area contributed by atoms with Crippen LogP contribution < -0.4 is 0 Å². The zero-order chi connectivity index (χ0) is 15.0. The fourth-order valence-electron chi connectivity index (χ4n) is 3.01. The van der Waals surface area contributed by atoms with E-state index in [9.17, 15) is 23.1 Å². The molecular weight excluding hydrogens is 269 g/mol. The molecule has 1 N–H and O–H groups in total. The Hall–Kier alpha value is -1.52. The van der Waals surface area contributed by atoms with Gasteiger partial charge in [0.2, 0.25) is 0 Å². The summed E-state index contributed by atoms with van der Waals surface area (Å²) in [6, 6.07) is 3.93. The van der Waals surface area contributed by atoms with Crippen molar-refractivity contribution in [2.24, 2.45) is 0 Å². The average Bonchev–Trinajstić information content (AvgIpc) is 2.38. The number of carbonyl (C=O) groups is 1. The van der Waals surface area contributed by atoms with E-state index in [0.29, 0.717) is 12.8 Å². The number of rotatable bonds is 2. The quantitative estimate of drug-likeness (QED) is 0.880.